The Bertz CT molecular complexity index is 614. The summed E-state index contributed by atoms with van der Waals surface area (Å²) in [5.41, 5.74) is 1.97. The summed E-state index contributed by atoms with van der Waals surface area (Å²) in [6, 6.07) is 8.15. The van der Waals surface area contributed by atoms with E-state index in [1.165, 1.54) is 10.6 Å². The van der Waals surface area contributed by atoms with E-state index in [0.29, 0.717) is 0 Å². The predicted molar refractivity (Wildman–Crippen MR) is 69.5 cm³/mol. The summed E-state index contributed by atoms with van der Waals surface area (Å²) in [4.78, 5) is 0. The van der Waals surface area contributed by atoms with E-state index in [1.807, 2.05) is 32.0 Å². The van der Waals surface area contributed by atoms with Gasteiger partial charge in [0, 0.05) is 10.6 Å². The van der Waals surface area contributed by atoms with Crippen molar-refractivity contribution in [3.63, 3.8) is 0 Å². The highest BCUT2D eigenvalue weighted by molar-refractivity contribution is 5.79. The SMILES string of the molecule is C1=CCC=c2oc3ccccc3c2=C1.CC. The van der Waals surface area contributed by atoms with Crippen molar-refractivity contribution < 1.29 is 4.42 Å². The maximum Gasteiger partial charge on any atom is 0.135 e. The first kappa shape index (κ1) is 10.7. The number of para-hydroxylation sites is 1. The smallest absolute Gasteiger partial charge is 0.135 e. The molecule has 0 unspecified atom stereocenters. The molecule has 1 heterocycles. The minimum absolute atomic E-state index is 0.948. The lowest BCUT2D eigenvalue weighted by Crippen LogP contribution is -2.18. The van der Waals surface area contributed by atoms with E-state index in [0.717, 1.165) is 17.4 Å². The third-order valence-electron chi connectivity index (χ3n) is 2.50. The van der Waals surface area contributed by atoms with Crippen molar-refractivity contribution >= 4 is 23.1 Å². The topological polar surface area (TPSA) is 13.1 Å². The highest BCUT2D eigenvalue weighted by atomic mass is 16.3. The van der Waals surface area contributed by atoms with Gasteiger partial charge >= 0.3 is 0 Å². The highest BCUT2D eigenvalue weighted by Gasteiger charge is 2.01. The molecule has 0 bridgehead atoms. The molecule has 1 aliphatic rings. The molecular weight excluding hydrogens is 196 g/mol. The largest absolute Gasteiger partial charge is 0.456 e. The van der Waals surface area contributed by atoms with Crippen LogP contribution in [0.1, 0.15) is 20.3 Å². The fourth-order valence-electron chi connectivity index (χ4n) is 1.83. The van der Waals surface area contributed by atoms with Crippen LogP contribution in [-0.4, -0.2) is 0 Å². The Morgan fingerprint density at radius 3 is 2.81 bits per heavy atom. The first-order chi connectivity index (χ1) is 7.95. The van der Waals surface area contributed by atoms with Crippen LogP contribution in [0, 0.1) is 0 Å². The minimum Gasteiger partial charge on any atom is -0.456 e. The third kappa shape index (κ3) is 1.81. The van der Waals surface area contributed by atoms with Crippen molar-refractivity contribution in [3.8, 4) is 0 Å². The van der Waals surface area contributed by atoms with Crippen molar-refractivity contribution in [1.29, 1.82) is 0 Å². The second kappa shape index (κ2) is 4.84. The number of allylic oxidation sites excluding steroid dienone is 2. The molecule has 16 heavy (non-hydrogen) atoms. The van der Waals surface area contributed by atoms with Gasteiger partial charge in [-0.1, -0.05) is 50.3 Å². The molecule has 0 fully saturated rings. The maximum absolute atomic E-state index is 5.74. The Labute approximate surface area is 95.4 Å². The van der Waals surface area contributed by atoms with Gasteiger partial charge in [-0.15, -0.1) is 0 Å². The van der Waals surface area contributed by atoms with Crippen LogP contribution in [0.3, 0.4) is 0 Å². The van der Waals surface area contributed by atoms with Gasteiger partial charge in [0.15, 0.2) is 0 Å². The normalized spacial score (nSPS) is 12.9. The molecule has 1 heteroatoms. The van der Waals surface area contributed by atoms with Gasteiger partial charge in [-0.05, 0) is 18.6 Å². The lowest BCUT2D eigenvalue weighted by Gasteiger charge is -1.83. The van der Waals surface area contributed by atoms with E-state index in [4.69, 9.17) is 4.42 Å². The second-order valence-electron chi connectivity index (χ2n) is 3.41. The van der Waals surface area contributed by atoms with E-state index >= 15 is 0 Å². The van der Waals surface area contributed by atoms with E-state index in [9.17, 15) is 0 Å². The molecule has 1 nitrogen and oxygen atoms in total. The van der Waals surface area contributed by atoms with Gasteiger partial charge in [0.25, 0.3) is 0 Å². The zero-order valence-electron chi connectivity index (χ0n) is 9.73. The molecule has 0 N–H and O–H groups in total. The molecule has 0 saturated heterocycles. The fourth-order valence-corrected chi connectivity index (χ4v) is 1.83. The van der Waals surface area contributed by atoms with Gasteiger partial charge in [0.05, 0.1) is 0 Å². The maximum atomic E-state index is 5.74. The van der Waals surface area contributed by atoms with Gasteiger partial charge in [-0.25, -0.2) is 0 Å². The zero-order chi connectivity index (χ0) is 11.4. The van der Waals surface area contributed by atoms with Gasteiger partial charge in [0.1, 0.15) is 11.0 Å². The van der Waals surface area contributed by atoms with E-state index in [-0.39, 0.29) is 0 Å². The first-order valence-electron chi connectivity index (χ1n) is 5.80. The van der Waals surface area contributed by atoms with Crippen LogP contribution in [0.25, 0.3) is 23.1 Å². The van der Waals surface area contributed by atoms with Crippen LogP contribution in [0.15, 0.2) is 40.8 Å². The Morgan fingerprint density at radius 1 is 1.12 bits per heavy atom. The number of benzene rings is 1. The first-order valence-corrected chi connectivity index (χ1v) is 5.80. The average Bonchev–Trinajstić information content (AvgIpc) is 2.54. The molecule has 0 radical (unpaired) electrons. The van der Waals surface area contributed by atoms with Crippen LogP contribution in [0.2, 0.25) is 0 Å². The lowest BCUT2D eigenvalue weighted by molar-refractivity contribution is 0.574. The standard InChI is InChI=1S/C13H10O.C2H6/c1-2-6-10-11-7-4-5-9-13(11)14-12(10)8-3-1;1-2/h1-2,4-9H,3H2;1-2H3. The Hall–Kier alpha value is -1.76. The number of furan rings is 1. The Kier molecular flexibility index (Phi) is 3.25. The zero-order valence-corrected chi connectivity index (χ0v) is 9.73. The van der Waals surface area contributed by atoms with Crippen molar-refractivity contribution in [2.45, 2.75) is 20.3 Å². The summed E-state index contributed by atoms with van der Waals surface area (Å²) in [5, 5.41) is 2.40. The van der Waals surface area contributed by atoms with E-state index in [2.05, 4.69) is 30.4 Å². The molecule has 1 aromatic heterocycles. The molecule has 0 amide bonds. The van der Waals surface area contributed by atoms with Crippen LogP contribution in [0.4, 0.5) is 0 Å². The van der Waals surface area contributed by atoms with E-state index < -0.39 is 0 Å². The van der Waals surface area contributed by atoms with Crippen LogP contribution >= 0.6 is 0 Å². The fraction of sp³-hybridized carbons (Fsp3) is 0.200. The van der Waals surface area contributed by atoms with Crippen molar-refractivity contribution in [2.24, 2.45) is 0 Å². The van der Waals surface area contributed by atoms with Crippen LogP contribution in [0.5, 0.6) is 0 Å². The van der Waals surface area contributed by atoms with Crippen molar-refractivity contribution in [1.82, 2.24) is 0 Å². The summed E-state index contributed by atoms with van der Waals surface area (Å²) in [7, 11) is 0. The van der Waals surface area contributed by atoms with Gasteiger partial charge in [-0.3, -0.25) is 0 Å². The van der Waals surface area contributed by atoms with E-state index in [1.54, 1.807) is 0 Å². The lowest BCUT2D eigenvalue weighted by atomic mass is 10.2. The Morgan fingerprint density at radius 2 is 1.94 bits per heavy atom. The van der Waals surface area contributed by atoms with Gasteiger partial charge in [-0.2, -0.15) is 0 Å². The van der Waals surface area contributed by atoms with Crippen molar-refractivity contribution in [2.75, 3.05) is 0 Å². The average molecular weight is 212 g/mol. The van der Waals surface area contributed by atoms with Gasteiger partial charge in [0.2, 0.25) is 0 Å². The van der Waals surface area contributed by atoms with Crippen molar-refractivity contribution in [3.05, 3.63) is 47.1 Å². The molecule has 0 atom stereocenters. The molecule has 0 saturated carbocycles. The van der Waals surface area contributed by atoms with Crippen LogP contribution in [-0.2, 0) is 0 Å². The Balaban J connectivity index is 0.000000457. The summed E-state index contributed by atoms with van der Waals surface area (Å²) in [6.07, 6.45) is 9.40. The molecule has 0 spiro atoms. The molecule has 3 rings (SSSR count). The quantitative estimate of drug-likeness (QED) is 0.654. The molecule has 1 aromatic carbocycles. The molecule has 0 aliphatic heterocycles. The molecule has 2 aromatic rings. The summed E-state index contributed by atoms with van der Waals surface area (Å²) < 4.78 is 5.74. The molecule has 1 aliphatic carbocycles. The summed E-state index contributed by atoms with van der Waals surface area (Å²) in [5.74, 6) is 0. The van der Waals surface area contributed by atoms with Crippen LogP contribution < -0.4 is 10.6 Å². The molecule has 82 valence electrons. The number of hydrogen-bond acceptors (Lipinski definition) is 1. The second-order valence-corrected chi connectivity index (χ2v) is 3.41. The summed E-state index contributed by atoms with van der Waals surface area (Å²) in [6.45, 7) is 4.00. The summed E-state index contributed by atoms with van der Waals surface area (Å²) >= 11 is 0. The number of hydrogen-bond donors (Lipinski definition) is 0. The minimum atomic E-state index is 0.948. The predicted octanol–water partition coefficient (Wildman–Crippen LogP) is 2.98. The number of fused-ring (bicyclic) bond motifs is 3. The van der Waals surface area contributed by atoms with Gasteiger partial charge < -0.3 is 4.42 Å². The third-order valence-corrected chi connectivity index (χ3v) is 2.50. The monoisotopic (exact) mass is 212 g/mol. The highest BCUT2D eigenvalue weighted by Crippen LogP contribution is 2.07. The number of rotatable bonds is 0. The molecular formula is C15H16O.